The molecule has 0 saturated carbocycles. The van der Waals surface area contributed by atoms with E-state index >= 15 is 0 Å². The summed E-state index contributed by atoms with van der Waals surface area (Å²) >= 11 is 0. The molecule has 1 amide bonds. The minimum Gasteiger partial charge on any atom is -0.507 e. The predicted octanol–water partition coefficient (Wildman–Crippen LogP) is 3.94. The molecule has 0 bridgehead atoms. The second-order valence-electron chi connectivity index (χ2n) is 7.81. The van der Waals surface area contributed by atoms with Gasteiger partial charge in [0.25, 0.3) is 11.7 Å². The maximum atomic E-state index is 13.0. The lowest BCUT2D eigenvalue weighted by Gasteiger charge is -2.25. The molecule has 2 aromatic carbocycles. The quantitative estimate of drug-likeness (QED) is 0.276. The highest BCUT2D eigenvalue weighted by molar-refractivity contribution is 6.46. The van der Waals surface area contributed by atoms with Crippen LogP contribution in [0.2, 0.25) is 0 Å². The van der Waals surface area contributed by atoms with E-state index in [-0.39, 0.29) is 17.4 Å². The largest absolute Gasteiger partial charge is 0.507 e. The minimum absolute atomic E-state index is 0.0218. The molecule has 0 spiro atoms. The standard InChI is InChI=1S/C25H29NO6/c1-16(2)32-19-11-9-17(10-12-19)22-21(23(27)18-7-5-8-20(15-18)31-4)24(28)25(29)26(22)13-6-14-30-3/h5,7-12,15-16,22,27H,6,13-14H2,1-4H3/b23-21-. The number of methoxy groups -OCH3 is 2. The summed E-state index contributed by atoms with van der Waals surface area (Å²) < 4.78 is 16.1. The lowest BCUT2D eigenvalue weighted by molar-refractivity contribution is -0.140. The van der Waals surface area contributed by atoms with Gasteiger partial charge in [-0.2, -0.15) is 0 Å². The van der Waals surface area contributed by atoms with Gasteiger partial charge in [0, 0.05) is 25.8 Å². The summed E-state index contributed by atoms with van der Waals surface area (Å²) in [6.07, 6.45) is 0.585. The molecule has 2 aromatic rings. The van der Waals surface area contributed by atoms with Crippen LogP contribution in [0.3, 0.4) is 0 Å². The van der Waals surface area contributed by atoms with Crippen molar-refractivity contribution in [2.24, 2.45) is 0 Å². The van der Waals surface area contributed by atoms with Crippen molar-refractivity contribution >= 4 is 17.4 Å². The van der Waals surface area contributed by atoms with E-state index in [4.69, 9.17) is 14.2 Å². The Labute approximate surface area is 188 Å². The Morgan fingerprint density at radius 3 is 2.41 bits per heavy atom. The topological polar surface area (TPSA) is 85.3 Å². The number of amides is 1. The van der Waals surface area contributed by atoms with Gasteiger partial charge < -0.3 is 24.2 Å². The highest BCUT2D eigenvalue weighted by atomic mass is 16.5. The average molecular weight is 440 g/mol. The molecule has 1 unspecified atom stereocenters. The van der Waals surface area contributed by atoms with Crippen LogP contribution in [0.1, 0.15) is 37.4 Å². The van der Waals surface area contributed by atoms with E-state index in [1.54, 1.807) is 43.5 Å². The average Bonchev–Trinajstić information content (AvgIpc) is 3.04. The number of aliphatic hydroxyl groups excluding tert-OH is 1. The van der Waals surface area contributed by atoms with E-state index in [2.05, 4.69) is 0 Å². The third kappa shape index (κ3) is 4.94. The number of hydrogen-bond acceptors (Lipinski definition) is 6. The number of benzene rings is 2. The summed E-state index contributed by atoms with van der Waals surface area (Å²) in [4.78, 5) is 27.4. The summed E-state index contributed by atoms with van der Waals surface area (Å²) in [5.74, 6) is -0.361. The number of ether oxygens (including phenoxy) is 3. The van der Waals surface area contributed by atoms with Crippen molar-refractivity contribution in [1.29, 1.82) is 0 Å². The van der Waals surface area contributed by atoms with E-state index < -0.39 is 17.7 Å². The number of ketones is 1. The van der Waals surface area contributed by atoms with Crippen molar-refractivity contribution in [2.45, 2.75) is 32.4 Å². The first-order valence-electron chi connectivity index (χ1n) is 10.6. The van der Waals surface area contributed by atoms with Gasteiger partial charge in [-0.15, -0.1) is 0 Å². The van der Waals surface area contributed by atoms with Gasteiger partial charge in [-0.25, -0.2) is 0 Å². The van der Waals surface area contributed by atoms with Crippen LogP contribution in [0, 0.1) is 0 Å². The molecule has 0 aromatic heterocycles. The number of hydrogen-bond donors (Lipinski definition) is 1. The first-order chi connectivity index (χ1) is 15.4. The van der Waals surface area contributed by atoms with Crippen molar-refractivity contribution in [3.8, 4) is 11.5 Å². The summed E-state index contributed by atoms with van der Waals surface area (Å²) in [7, 11) is 3.11. The lowest BCUT2D eigenvalue weighted by atomic mass is 9.95. The molecule has 1 fully saturated rings. The molecule has 0 radical (unpaired) electrons. The molecule has 3 rings (SSSR count). The van der Waals surface area contributed by atoms with Crippen molar-refractivity contribution in [3.63, 3.8) is 0 Å². The lowest BCUT2D eigenvalue weighted by Crippen LogP contribution is -2.31. The third-order valence-electron chi connectivity index (χ3n) is 5.20. The number of carbonyl (C=O) groups is 2. The SMILES string of the molecule is COCCCN1C(=O)C(=O)/C(=C(\O)c2cccc(OC)c2)C1c1ccc(OC(C)C)cc1. The van der Waals surface area contributed by atoms with Crippen LogP contribution in [-0.2, 0) is 14.3 Å². The van der Waals surface area contributed by atoms with Crippen molar-refractivity contribution in [2.75, 3.05) is 27.4 Å². The monoisotopic (exact) mass is 439 g/mol. The number of aliphatic hydroxyl groups is 1. The molecule has 32 heavy (non-hydrogen) atoms. The molecule has 1 aliphatic heterocycles. The third-order valence-corrected chi connectivity index (χ3v) is 5.20. The Bertz CT molecular complexity index is 996. The molecule has 1 atom stereocenters. The van der Waals surface area contributed by atoms with Crippen LogP contribution in [0.4, 0.5) is 0 Å². The van der Waals surface area contributed by atoms with E-state index in [9.17, 15) is 14.7 Å². The summed E-state index contributed by atoms with van der Waals surface area (Å²) in [5, 5.41) is 11.1. The van der Waals surface area contributed by atoms with Gasteiger partial charge in [-0.1, -0.05) is 24.3 Å². The van der Waals surface area contributed by atoms with Crippen LogP contribution >= 0.6 is 0 Å². The van der Waals surface area contributed by atoms with Gasteiger partial charge in [-0.05, 0) is 50.1 Å². The fraction of sp³-hybridized carbons (Fsp3) is 0.360. The van der Waals surface area contributed by atoms with E-state index in [1.165, 1.54) is 12.0 Å². The summed E-state index contributed by atoms with van der Waals surface area (Å²) in [6, 6.07) is 13.3. The number of Topliss-reactive ketones (excluding diaryl/α,β-unsaturated/α-hetero) is 1. The van der Waals surface area contributed by atoms with E-state index in [0.717, 1.165) is 0 Å². The Morgan fingerprint density at radius 2 is 1.78 bits per heavy atom. The molecule has 1 saturated heterocycles. The fourth-order valence-electron chi connectivity index (χ4n) is 3.76. The number of likely N-dealkylation sites (tertiary alicyclic amines) is 1. The van der Waals surface area contributed by atoms with E-state index in [0.29, 0.717) is 42.2 Å². The smallest absolute Gasteiger partial charge is 0.295 e. The predicted molar refractivity (Wildman–Crippen MR) is 121 cm³/mol. The fourth-order valence-corrected chi connectivity index (χ4v) is 3.76. The Morgan fingerprint density at radius 1 is 1.06 bits per heavy atom. The van der Waals surface area contributed by atoms with Crippen LogP contribution in [0.25, 0.3) is 5.76 Å². The van der Waals surface area contributed by atoms with Crippen LogP contribution in [0.5, 0.6) is 11.5 Å². The first kappa shape index (κ1) is 23.3. The van der Waals surface area contributed by atoms with Gasteiger partial charge in [0.2, 0.25) is 0 Å². The Kier molecular flexibility index (Phi) is 7.53. The van der Waals surface area contributed by atoms with Gasteiger partial charge in [-0.3, -0.25) is 9.59 Å². The van der Waals surface area contributed by atoms with Crippen molar-refractivity contribution in [1.82, 2.24) is 4.90 Å². The zero-order chi connectivity index (χ0) is 23.3. The zero-order valence-electron chi connectivity index (χ0n) is 18.8. The maximum Gasteiger partial charge on any atom is 0.295 e. The van der Waals surface area contributed by atoms with Gasteiger partial charge in [0.05, 0.1) is 24.8 Å². The van der Waals surface area contributed by atoms with Crippen LogP contribution in [0.15, 0.2) is 54.1 Å². The highest BCUT2D eigenvalue weighted by Gasteiger charge is 2.45. The van der Waals surface area contributed by atoms with Gasteiger partial charge in [0.15, 0.2) is 0 Å². The molecule has 1 heterocycles. The number of nitrogens with zero attached hydrogens (tertiary/aromatic N) is 1. The second kappa shape index (κ2) is 10.3. The Hall–Kier alpha value is -3.32. The number of rotatable bonds is 9. The molecular formula is C25H29NO6. The van der Waals surface area contributed by atoms with Gasteiger partial charge >= 0.3 is 0 Å². The Balaban J connectivity index is 2.08. The van der Waals surface area contributed by atoms with E-state index in [1.807, 2.05) is 26.0 Å². The normalized spacial score (nSPS) is 17.8. The molecule has 1 N–H and O–H groups in total. The minimum atomic E-state index is -0.717. The molecule has 7 nitrogen and oxygen atoms in total. The molecule has 1 aliphatic rings. The highest BCUT2D eigenvalue weighted by Crippen LogP contribution is 2.40. The summed E-state index contributed by atoms with van der Waals surface area (Å²) in [6.45, 7) is 4.65. The van der Waals surface area contributed by atoms with Crippen LogP contribution in [-0.4, -0.2) is 55.2 Å². The second-order valence-corrected chi connectivity index (χ2v) is 7.81. The number of carbonyl (C=O) groups excluding carboxylic acids is 2. The molecular weight excluding hydrogens is 410 g/mol. The van der Waals surface area contributed by atoms with Crippen LogP contribution < -0.4 is 9.47 Å². The first-order valence-corrected chi connectivity index (χ1v) is 10.6. The summed E-state index contributed by atoms with van der Waals surface area (Å²) in [5.41, 5.74) is 1.17. The van der Waals surface area contributed by atoms with Gasteiger partial charge in [0.1, 0.15) is 17.3 Å². The van der Waals surface area contributed by atoms with Crippen molar-refractivity contribution < 1.29 is 28.9 Å². The molecule has 170 valence electrons. The van der Waals surface area contributed by atoms with Crippen molar-refractivity contribution in [3.05, 3.63) is 65.2 Å². The molecule has 7 heteroatoms. The zero-order valence-corrected chi connectivity index (χ0v) is 18.8. The molecule has 0 aliphatic carbocycles. The maximum absolute atomic E-state index is 13.0.